The van der Waals surface area contributed by atoms with E-state index in [4.69, 9.17) is 0 Å². The Bertz CT molecular complexity index is 806. The molecule has 1 aliphatic rings. The van der Waals surface area contributed by atoms with Gasteiger partial charge in [-0.2, -0.15) is 8.78 Å². The lowest BCUT2D eigenvalue weighted by atomic mass is 10.0. The number of aryl methyl sites for hydroxylation is 1. The number of piperidine rings is 1. The van der Waals surface area contributed by atoms with Gasteiger partial charge >= 0.3 is 6.61 Å². The Morgan fingerprint density at radius 2 is 1.86 bits per heavy atom. The van der Waals surface area contributed by atoms with Crippen molar-refractivity contribution in [3.63, 3.8) is 0 Å². The smallest absolute Gasteiger partial charge is 0.387 e. The third-order valence-corrected chi connectivity index (χ3v) is 5.36. The normalized spacial score (nSPS) is 14.9. The molecule has 0 saturated carbocycles. The molecule has 3 rings (SSSR count). The molecule has 2 aromatic carbocycles. The number of ether oxygens (including phenoxy) is 1. The summed E-state index contributed by atoms with van der Waals surface area (Å²) in [6.45, 7) is -1.29. The number of hydrogen-bond acceptors (Lipinski definition) is 3. The fraction of sp³-hybridized carbons (Fsp3) is 0.409. The summed E-state index contributed by atoms with van der Waals surface area (Å²) in [6, 6.07) is 13.1. The highest BCUT2D eigenvalue weighted by Gasteiger charge is 2.25. The van der Waals surface area contributed by atoms with E-state index in [9.17, 15) is 18.0 Å². The molecular weight excluding hydrogens is 381 g/mol. The minimum atomic E-state index is -2.84. The molecule has 0 bridgehead atoms. The van der Waals surface area contributed by atoms with Gasteiger partial charge in [-0.05, 0) is 55.2 Å². The number of carbonyl (C=O) groups is 1. The first-order chi connectivity index (χ1) is 13.9. The molecule has 1 amide bonds. The zero-order valence-corrected chi connectivity index (χ0v) is 16.4. The number of alkyl halides is 2. The molecule has 0 spiro atoms. The topological polar surface area (TPSA) is 32.8 Å². The zero-order valence-electron chi connectivity index (χ0n) is 16.4. The van der Waals surface area contributed by atoms with Crippen LogP contribution in [0.25, 0.3) is 0 Å². The Balaban J connectivity index is 1.46. The maximum atomic E-state index is 13.4. The van der Waals surface area contributed by atoms with E-state index in [2.05, 4.69) is 9.64 Å². The van der Waals surface area contributed by atoms with Crippen LogP contribution in [0.2, 0.25) is 0 Å². The number of amides is 1. The Morgan fingerprint density at radius 1 is 1.17 bits per heavy atom. The molecule has 1 saturated heterocycles. The SMILES string of the molecule is CN(C(=O)CCc1ccc(OC(F)F)cc1)C1CCN(c2cccc(F)c2)CC1. The number of anilines is 1. The van der Waals surface area contributed by atoms with Crippen LogP contribution >= 0.6 is 0 Å². The highest BCUT2D eigenvalue weighted by Crippen LogP contribution is 2.23. The summed E-state index contributed by atoms with van der Waals surface area (Å²) < 4.78 is 42.1. The molecule has 1 aliphatic heterocycles. The molecule has 0 radical (unpaired) electrons. The Kier molecular flexibility index (Phi) is 7.01. The lowest BCUT2D eigenvalue weighted by Crippen LogP contribution is -2.45. The fourth-order valence-electron chi connectivity index (χ4n) is 3.65. The van der Waals surface area contributed by atoms with E-state index in [1.807, 2.05) is 13.1 Å². The van der Waals surface area contributed by atoms with Crippen molar-refractivity contribution in [2.45, 2.75) is 38.3 Å². The molecular formula is C22H25F3N2O2. The van der Waals surface area contributed by atoms with Crippen molar-refractivity contribution >= 4 is 11.6 Å². The predicted molar refractivity (Wildman–Crippen MR) is 106 cm³/mol. The summed E-state index contributed by atoms with van der Waals surface area (Å²) in [6.07, 6.45) is 2.56. The molecule has 7 heteroatoms. The van der Waals surface area contributed by atoms with Gasteiger partial charge in [0, 0.05) is 38.3 Å². The molecule has 1 heterocycles. The van der Waals surface area contributed by atoms with Crippen LogP contribution in [-0.4, -0.2) is 43.6 Å². The molecule has 2 aromatic rings. The van der Waals surface area contributed by atoms with Crippen molar-refractivity contribution in [2.24, 2.45) is 0 Å². The average molecular weight is 406 g/mol. The van der Waals surface area contributed by atoms with Crippen LogP contribution in [0.4, 0.5) is 18.9 Å². The summed E-state index contributed by atoms with van der Waals surface area (Å²) in [5.41, 5.74) is 1.77. The molecule has 0 aliphatic carbocycles. The summed E-state index contributed by atoms with van der Waals surface area (Å²) in [4.78, 5) is 16.5. The first kappa shape index (κ1) is 21.0. The van der Waals surface area contributed by atoms with Crippen LogP contribution in [0.15, 0.2) is 48.5 Å². The minimum absolute atomic E-state index is 0.0575. The van der Waals surface area contributed by atoms with Crippen LogP contribution < -0.4 is 9.64 Å². The van der Waals surface area contributed by atoms with Gasteiger partial charge in [-0.25, -0.2) is 4.39 Å². The van der Waals surface area contributed by atoms with Crippen molar-refractivity contribution < 1.29 is 22.7 Å². The summed E-state index contributed by atoms with van der Waals surface area (Å²) in [5, 5.41) is 0. The lowest BCUT2D eigenvalue weighted by molar-refractivity contribution is -0.132. The van der Waals surface area contributed by atoms with Gasteiger partial charge in [-0.1, -0.05) is 18.2 Å². The highest BCUT2D eigenvalue weighted by molar-refractivity contribution is 5.76. The minimum Gasteiger partial charge on any atom is -0.435 e. The number of benzene rings is 2. The number of nitrogens with zero attached hydrogens (tertiary/aromatic N) is 2. The van der Waals surface area contributed by atoms with Crippen molar-refractivity contribution in [1.82, 2.24) is 4.90 Å². The Hall–Kier alpha value is -2.70. The molecule has 1 fully saturated rings. The maximum absolute atomic E-state index is 13.4. The summed E-state index contributed by atoms with van der Waals surface area (Å²) in [5.74, 6) is -0.0786. The van der Waals surface area contributed by atoms with Crippen molar-refractivity contribution in [1.29, 1.82) is 0 Å². The van der Waals surface area contributed by atoms with Crippen LogP contribution in [-0.2, 0) is 11.2 Å². The molecule has 0 N–H and O–H groups in total. The van der Waals surface area contributed by atoms with E-state index in [0.717, 1.165) is 37.2 Å². The first-order valence-electron chi connectivity index (χ1n) is 9.72. The van der Waals surface area contributed by atoms with E-state index in [0.29, 0.717) is 12.8 Å². The van der Waals surface area contributed by atoms with Crippen LogP contribution in [0.1, 0.15) is 24.8 Å². The highest BCUT2D eigenvalue weighted by atomic mass is 19.3. The van der Waals surface area contributed by atoms with Crippen LogP contribution in [0, 0.1) is 5.82 Å². The van der Waals surface area contributed by atoms with Crippen molar-refractivity contribution in [2.75, 3.05) is 25.0 Å². The second-order valence-electron chi connectivity index (χ2n) is 7.23. The van der Waals surface area contributed by atoms with Gasteiger partial charge in [0.1, 0.15) is 11.6 Å². The van der Waals surface area contributed by atoms with E-state index < -0.39 is 6.61 Å². The van der Waals surface area contributed by atoms with Gasteiger partial charge in [0.05, 0.1) is 0 Å². The van der Waals surface area contributed by atoms with Crippen LogP contribution in [0.3, 0.4) is 0 Å². The monoisotopic (exact) mass is 406 g/mol. The third kappa shape index (κ3) is 5.89. The summed E-state index contributed by atoms with van der Waals surface area (Å²) in [7, 11) is 1.82. The summed E-state index contributed by atoms with van der Waals surface area (Å²) >= 11 is 0. The lowest BCUT2D eigenvalue weighted by Gasteiger charge is -2.38. The van der Waals surface area contributed by atoms with E-state index in [1.165, 1.54) is 24.3 Å². The van der Waals surface area contributed by atoms with Gasteiger partial charge in [-0.3, -0.25) is 4.79 Å². The van der Waals surface area contributed by atoms with E-state index in [1.54, 1.807) is 23.1 Å². The Morgan fingerprint density at radius 3 is 2.48 bits per heavy atom. The van der Waals surface area contributed by atoms with Gasteiger partial charge in [0.2, 0.25) is 5.91 Å². The number of carbonyl (C=O) groups excluding carboxylic acids is 1. The van der Waals surface area contributed by atoms with Gasteiger partial charge in [0.15, 0.2) is 0 Å². The largest absolute Gasteiger partial charge is 0.435 e. The standard InChI is InChI=1S/C22H25F3N2O2/c1-26(18-11-13-27(14-12-18)19-4-2-3-17(23)15-19)21(28)10-7-16-5-8-20(9-6-16)29-22(24)25/h2-6,8-9,15,18,22H,7,10-14H2,1H3. The molecule has 156 valence electrons. The number of rotatable bonds is 7. The molecule has 0 aromatic heterocycles. The zero-order chi connectivity index (χ0) is 20.8. The molecule has 29 heavy (non-hydrogen) atoms. The van der Waals surface area contributed by atoms with Gasteiger partial charge < -0.3 is 14.5 Å². The maximum Gasteiger partial charge on any atom is 0.387 e. The fourth-order valence-corrected chi connectivity index (χ4v) is 3.65. The predicted octanol–water partition coefficient (Wildman–Crippen LogP) is 4.49. The van der Waals surface area contributed by atoms with Crippen LogP contribution in [0.5, 0.6) is 5.75 Å². The molecule has 0 atom stereocenters. The molecule has 0 unspecified atom stereocenters. The van der Waals surface area contributed by atoms with Gasteiger partial charge in [0.25, 0.3) is 0 Å². The van der Waals surface area contributed by atoms with E-state index in [-0.39, 0.29) is 23.5 Å². The molecule has 4 nitrogen and oxygen atoms in total. The van der Waals surface area contributed by atoms with E-state index >= 15 is 0 Å². The Labute approximate surface area is 168 Å². The quantitative estimate of drug-likeness (QED) is 0.679. The van der Waals surface area contributed by atoms with Gasteiger partial charge in [-0.15, -0.1) is 0 Å². The van der Waals surface area contributed by atoms with Crippen molar-refractivity contribution in [3.8, 4) is 5.75 Å². The second-order valence-corrected chi connectivity index (χ2v) is 7.23. The second kappa shape index (κ2) is 9.67. The average Bonchev–Trinajstić information content (AvgIpc) is 2.72. The van der Waals surface area contributed by atoms with Crippen molar-refractivity contribution in [3.05, 3.63) is 59.9 Å². The first-order valence-corrected chi connectivity index (χ1v) is 9.72. The third-order valence-electron chi connectivity index (χ3n) is 5.36. The number of halogens is 3. The number of hydrogen-bond donors (Lipinski definition) is 0.